The fourth-order valence-electron chi connectivity index (χ4n) is 2.42. The molecule has 0 aliphatic heterocycles. The summed E-state index contributed by atoms with van der Waals surface area (Å²) in [4.78, 5) is 4.60. The molecule has 3 aromatic rings. The number of hydrogen-bond acceptors (Lipinski definition) is 4. The van der Waals surface area contributed by atoms with E-state index in [1.165, 1.54) is 0 Å². The van der Waals surface area contributed by atoms with Crippen molar-refractivity contribution in [2.24, 2.45) is 0 Å². The zero-order valence-corrected chi connectivity index (χ0v) is 14.0. The summed E-state index contributed by atoms with van der Waals surface area (Å²) in [5.41, 5.74) is 2.88. The molecule has 1 aromatic carbocycles. The molecule has 2 heterocycles. The van der Waals surface area contributed by atoms with Crippen molar-refractivity contribution in [3.63, 3.8) is 0 Å². The summed E-state index contributed by atoms with van der Waals surface area (Å²) >= 11 is 0. The van der Waals surface area contributed by atoms with Crippen molar-refractivity contribution < 1.29 is 9.84 Å². The molecule has 0 radical (unpaired) electrons. The number of aliphatic hydroxyl groups is 1. The number of benzene rings is 1. The number of fused-ring (bicyclic) bond motifs is 1. The van der Waals surface area contributed by atoms with Gasteiger partial charge in [0.15, 0.2) is 0 Å². The van der Waals surface area contributed by atoms with Crippen LogP contribution in [0, 0.1) is 0 Å². The molecular formula is C19H23N3O2. The Morgan fingerprint density at radius 1 is 1.17 bits per heavy atom. The maximum absolute atomic E-state index is 9.87. The van der Waals surface area contributed by atoms with Gasteiger partial charge in [0.25, 0.3) is 0 Å². The average molecular weight is 325 g/mol. The number of aliphatic hydroxyl groups excluding tert-OH is 1. The largest absolute Gasteiger partial charge is 0.491 e. The van der Waals surface area contributed by atoms with E-state index >= 15 is 0 Å². The van der Waals surface area contributed by atoms with Gasteiger partial charge < -0.3 is 19.6 Å². The summed E-state index contributed by atoms with van der Waals surface area (Å²) in [5.74, 6) is 0.742. The highest BCUT2D eigenvalue weighted by Crippen LogP contribution is 2.22. The molecule has 126 valence electrons. The minimum Gasteiger partial charge on any atom is -0.491 e. The Bertz CT molecular complexity index is 748. The van der Waals surface area contributed by atoms with E-state index in [9.17, 15) is 5.11 Å². The lowest BCUT2D eigenvalue weighted by Crippen LogP contribution is -2.35. The van der Waals surface area contributed by atoms with Crippen molar-refractivity contribution in [1.82, 2.24) is 14.7 Å². The monoisotopic (exact) mass is 325 g/mol. The lowest BCUT2D eigenvalue weighted by molar-refractivity contribution is 0.104. The van der Waals surface area contributed by atoms with Crippen LogP contribution < -0.4 is 10.1 Å². The lowest BCUT2D eigenvalue weighted by atomic mass is 10.1. The van der Waals surface area contributed by atoms with Crippen molar-refractivity contribution >= 4 is 5.65 Å². The number of imidazole rings is 1. The Balaban J connectivity index is 1.61. The van der Waals surface area contributed by atoms with E-state index < -0.39 is 6.10 Å². The van der Waals surface area contributed by atoms with Crippen LogP contribution >= 0.6 is 0 Å². The van der Waals surface area contributed by atoms with Crippen LogP contribution in [0.15, 0.2) is 54.9 Å². The first-order chi connectivity index (χ1) is 11.6. The molecule has 0 aliphatic carbocycles. The zero-order chi connectivity index (χ0) is 16.9. The second-order valence-corrected chi connectivity index (χ2v) is 6.14. The molecule has 1 atom stereocenters. The van der Waals surface area contributed by atoms with Crippen LogP contribution in [0.25, 0.3) is 16.9 Å². The Kier molecular flexibility index (Phi) is 5.13. The van der Waals surface area contributed by atoms with Gasteiger partial charge in [-0.1, -0.05) is 19.9 Å². The van der Waals surface area contributed by atoms with E-state index in [2.05, 4.69) is 10.3 Å². The van der Waals surface area contributed by atoms with Gasteiger partial charge in [-0.2, -0.15) is 0 Å². The van der Waals surface area contributed by atoms with Crippen LogP contribution in [-0.4, -0.2) is 39.8 Å². The first-order valence-corrected chi connectivity index (χ1v) is 8.20. The van der Waals surface area contributed by atoms with Crippen molar-refractivity contribution in [3.05, 3.63) is 54.9 Å². The van der Waals surface area contributed by atoms with Gasteiger partial charge in [0.05, 0.1) is 5.69 Å². The molecule has 0 spiro atoms. The van der Waals surface area contributed by atoms with Gasteiger partial charge in [-0.3, -0.25) is 0 Å². The molecule has 1 unspecified atom stereocenters. The fourth-order valence-corrected chi connectivity index (χ4v) is 2.42. The quantitative estimate of drug-likeness (QED) is 0.701. The standard InChI is InChI=1S/C19H23N3O2/c1-14(2)20-11-16(23)13-24-17-8-6-15(7-9-17)18-12-22-10-4-3-5-19(22)21-18/h3-10,12,14,16,20,23H,11,13H2,1-2H3. The summed E-state index contributed by atoms with van der Waals surface area (Å²) in [6.45, 7) is 4.89. The van der Waals surface area contributed by atoms with Crippen LogP contribution in [0.1, 0.15) is 13.8 Å². The number of ether oxygens (including phenoxy) is 1. The van der Waals surface area contributed by atoms with Gasteiger partial charge in [0.2, 0.25) is 0 Å². The second kappa shape index (κ2) is 7.47. The smallest absolute Gasteiger partial charge is 0.137 e. The number of hydrogen-bond donors (Lipinski definition) is 2. The molecule has 0 saturated heterocycles. The van der Waals surface area contributed by atoms with Crippen LogP contribution in [0.5, 0.6) is 5.75 Å². The zero-order valence-electron chi connectivity index (χ0n) is 14.0. The molecule has 2 aromatic heterocycles. The first kappa shape index (κ1) is 16.5. The van der Waals surface area contributed by atoms with Crippen molar-refractivity contribution in [2.75, 3.05) is 13.2 Å². The third-order valence-electron chi connectivity index (χ3n) is 3.72. The topological polar surface area (TPSA) is 58.8 Å². The predicted octanol–water partition coefficient (Wildman–Crippen LogP) is 2.74. The first-order valence-electron chi connectivity index (χ1n) is 8.20. The normalized spacial score (nSPS) is 12.7. The second-order valence-electron chi connectivity index (χ2n) is 6.14. The SMILES string of the molecule is CC(C)NCC(O)COc1ccc(-c2cn3ccccc3n2)cc1. The summed E-state index contributed by atoms with van der Waals surface area (Å²) in [6, 6.07) is 14.1. The molecule has 3 rings (SSSR count). The third-order valence-corrected chi connectivity index (χ3v) is 3.72. The Morgan fingerprint density at radius 3 is 2.67 bits per heavy atom. The van der Waals surface area contributed by atoms with Gasteiger partial charge in [0.1, 0.15) is 24.1 Å². The molecule has 0 fully saturated rings. The lowest BCUT2D eigenvalue weighted by Gasteiger charge is -2.15. The minimum absolute atomic E-state index is 0.271. The van der Waals surface area contributed by atoms with Gasteiger partial charge >= 0.3 is 0 Å². The molecular weight excluding hydrogens is 302 g/mol. The Hall–Kier alpha value is -2.37. The van der Waals surface area contributed by atoms with E-state index in [1.54, 1.807) is 0 Å². The van der Waals surface area contributed by atoms with E-state index in [1.807, 2.05) is 73.1 Å². The molecule has 0 bridgehead atoms. The minimum atomic E-state index is -0.523. The average Bonchev–Trinajstić information content (AvgIpc) is 3.02. The number of nitrogens with one attached hydrogen (secondary N) is 1. The highest BCUT2D eigenvalue weighted by molar-refractivity contribution is 5.63. The molecule has 0 aliphatic rings. The number of rotatable bonds is 7. The molecule has 2 N–H and O–H groups in total. The Labute approximate surface area is 141 Å². The summed E-state index contributed by atoms with van der Waals surface area (Å²) in [6.07, 6.45) is 3.47. The van der Waals surface area contributed by atoms with Crippen molar-refractivity contribution in [2.45, 2.75) is 26.0 Å². The fraction of sp³-hybridized carbons (Fsp3) is 0.316. The maximum Gasteiger partial charge on any atom is 0.137 e. The van der Waals surface area contributed by atoms with E-state index in [0.717, 1.165) is 22.7 Å². The van der Waals surface area contributed by atoms with Crippen molar-refractivity contribution in [3.8, 4) is 17.0 Å². The van der Waals surface area contributed by atoms with Crippen molar-refractivity contribution in [1.29, 1.82) is 0 Å². The van der Waals surface area contributed by atoms with E-state index in [4.69, 9.17) is 4.74 Å². The van der Waals surface area contributed by atoms with Crippen LogP contribution in [0.4, 0.5) is 0 Å². The van der Waals surface area contributed by atoms with Gasteiger partial charge in [-0.15, -0.1) is 0 Å². The van der Waals surface area contributed by atoms with E-state index in [0.29, 0.717) is 12.6 Å². The molecule has 0 saturated carbocycles. The molecule has 0 amide bonds. The number of pyridine rings is 1. The highest BCUT2D eigenvalue weighted by Gasteiger charge is 2.07. The van der Waals surface area contributed by atoms with Crippen LogP contribution in [0.3, 0.4) is 0 Å². The highest BCUT2D eigenvalue weighted by atomic mass is 16.5. The van der Waals surface area contributed by atoms with Gasteiger partial charge in [-0.25, -0.2) is 4.98 Å². The van der Waals surface area contributed by atoms with Gasteiger partial charge in [-0.05, 0) is 36.4 Å². The van der Waals surface area contributed by atoms with Gasteiger partial charge in [0, 0.05) is 30.5 Å². The molecule has 24 heavy (non-hydrogen) atoms. The number of aromatic nitrogens is 2. The Morgan fingerprint density at radius 2 is 1.96 bits per heavy atom. The summed E-state index contributed by atoms with van der Waals surface area (Å²) in [5, 5.41) is 13.1. The summed E-state index contributed by atoms with van der Waals surface area (Å²) < 4.78 is 7.63. The molecule has 5 nitrogen and oxygen atoms in total. The summed E-state index contributed by atoms with van der Waals surface area (Å²) in [7, 11) is 0. The van der Waals surface area contributed by atoms with E-state index in [-0.39, 0.29) is 6.61 Å². The maximum atomic E-state index is 9.87. The predicted molar refractivity (Wildman–Crippen MR) is 95.3 cm³/mol. The van der Waals surface area contributed by atoms with Crippen LogP contribution in [0.2, 0.25) is 0 Å². The van der Waals surface area contributed by atoms with Crippen LogP contribution in [-0.2, 0) is 0 Å². The third kappa shape index (κ3) is 4.13. The molecule has 5 heteroatoms. The number of nitrogens with zero attached hydrogens (tertiary/aromatic N) is 2.